The first-order chi connectivity index (χ1) is 3.79. The Labute approximate surface area is 57.5 Å². The van der Waals surface area contributed by atoms with Crippen molar-refractivity contribution in [3.8, 4) is 0 Å². The Balaban J connectivity index is 0.000000640. The molecule has 5 heteroatoms. The Morgan fingerprint density at radius 2 is 2.33 bits per heavy atom. The van der Waals surface area contributed by atoms with Gasteiger partial charge in [0.15, 0.2) is 0 Å². The van der Waals surface area contributed by atoms with Crippen LogP contribution in [0, 0.1) is 0 Å². The highest BCUT2D eigenvalue weighted by Gasteiger charge is 1.80. The highest BCUT2D eigenvalue weighted by atomic mass is 35.5. The number of H-pyrrole nitrogens is 1. The summed E-state index contributed by atoms with van der Waals surface area (Å²) in [5, 5.41) is 0. The first-order valence-corrected chi connectivity index (χ1v) is 2.09. The fourth-order valence-corrected chi connectivity index (χ4v) is 0.353. The van der Waals surface area contributed by atoms with Crippen LogP contribution in [0.3, 0.4) is 0 Å². The minimum absolute atomic E-state index is 0. The molecule has 3 N–H and O–H groups in total. The van der Waals surface area contributed by atoms with E-state index in [9.17, 15) is 4.79 Å². The molecule has 0 aromatic carbocycles. The van der Waals surface area contributed by atoms with Gasteiger partial charge in [-0.2, -0.15) is 4.98 Å². The van der Waals surface area contributed by atoms with Crippen LogP contribution >= 0.6 is 12.4 Å². The fourth-order valence-electron chi connectivity index (χ4n) is 0.353. The molecule has 1 aromatic heterocycles. The van der Waals surface area contributed by atoms with E-state index in [2.05, 4.69) is 9.97 Å². The van der Waals surface area contributed by atoms with Crippen LogP contribution in [0.4, 0.5) is 5.69 Å². The van der Waals surface area contributed by atoms with Crippen molar-refractivity contribution in [3.05, 3.63) is 22.9 Å². The molecule has 0 saturated carbocycles. The number of nitrogens with zero attached hydrogens (tertiary/aromatic N) is 1. The summed E-state index contributed by atoms with van der Waals surface area (Å²) in [6, 6.07) is 0. The molecule has 0 aliphatic heterocycles. The molecule has 0 fully saturated rings. The predicted octanol–water partition coefficient (Wildman–Crippen LogP) is -0.226. The number of rotatable bonds is 0. The van der Waals surface area contributed by atoms with E-state index in [1.54, 1.807) is 0 Å². The van der Waals surface area contributed by atoms with Crippen molar-refractivity contribution in [3.63, 3.8) is 0 Å². The monoisotopic (exact) mass is 147 g/mol. The molecular formula is C4H6ClN3O. The van der Waals surface area contributed by atoms with Gasteiger partial charge in [-0.15, -0.1) is 12.4 Å². The summed E-state index contributed by atoms with van der Waals surface area (Å²) >= 11 is 0. The van der Waals surface area contributed by atoms with E-state index < -0.39 is 0 Å². The Morgan fingerprint density at radius 1 is 1.67 bits per heavy atom. The van der Waals surface area contributed by atoms with Gasteiger partial charge < -0.3 is 10.7 Å². The van der Waals surface area contributed by atoms with Crippen molar-refractivity contribution in [2.75, 3.05) is 5.73 Å². The van der Waals surface area contributed by atoms with Crippen molar-refractivity contribution in [2.24, 2.45) is 0 Å². The van der Waals surface area contributed by atoms with Crippen molar-refractivity contribution in [2.45, 2.75) is 0 Å². The van der Waals surface area contributed by atoms with Crippen LogP contribution in [0.2, 0.25) is 0 Å². The van der Waals surface area contributed by atoms with Gasteiger partial charge in [0.2, 0.25) is 0 Å². The second kappa shape index (κ2) is 3.09. The number of hydrogen-bond acceptors (Lipinski definition) is 3. The summed E-state index contributed by atoms with van der Waals surface area (Å²) in [5.41, 5.74) is 5.28. The van der Waals surface area contributed by atoms with E-state index in [0.717, 1.165) is 0 Å². The van der Waals surface area contributed by atoms with Crippen LogP contribution < -0.4 is 11.4 Å². The van der Waals surface area contributed by atoms with Crippen molar-refractivity contribution in [1.82, 2.24) is 9.97 Å². The van der Waals surface area contributed by atoms with Gasteiger partial charge >= 0.3 is 5.69 Å². The number of nitrogens with one attached hydrogen (secondary N) is 1. The molecular weight excluding hydrogens is 142 g/mol. The molecule has 0 saturated heterocycles. The summed E-state index contributed by atoms with van der Waals surface area (Å²) in [5.74, 6) is 0. The Morgan fingerprint density at radius 3 is 2.67 bits per heavy atom. The van der Waals surface area contributed by atoms with Crippen molar-refractivity contribution < 1.29 is 0 Å². The van der Waals surface area contributed by atoms with Gasteiger partial charge in [-0.05, 0) is 0 Å². The standard InChI is InChI=1S/C4H5N3O.ClH/c5-3-1-6-4(8)7-2-3;/h1-2H,5H2,(H,6,7,8);1H. The normalized spacial score (nSPS) is 8.00. The smallest absolute Gasteiger partial charge is 0.345 e. The molecule has 0 atom stereocenters. The van der Waals surface area contributed by atoms with Crippen molar-refractivity contribution in [1.29, 1.82) is 0 Å². The first kappa shape index (κ1) is 7.97. The van der Waals surface area contributed by atoms with Gasteiger partial charge in [-0.3, -0.25) is 0 Å². The molecule has 0 radical (unpaired) electrons. The van der Waals surface area contributed by atoms with Crippen LogP contribution in [0.25, 0.3) is 0 Å². The van der Waals surface area contributed by atoms with E-state index in [-0.39, 0.29) is 18.1 Å². The predicted molar refractivity (Wildman–Crippen MR) is 36.5 cm³/mol. The summed E-state index contributed by atoms with van der Waals surface area (Å²) in [4.78, 5) is 15.8. The van der Waals surface area contributed by atoms with Gasteiger partial charge in [0.05, 0.1) is 11.9 Å². The van der Waals surface area contributed by atoms with Crippen LogP contribution in [-0.4, -0.2) is 9.97 Å². The van der Waals surface area contributed by atoms with Gasteiger partial charge in [0, 0.05) is 6.20 Å². The highest BCUT2D eigenvalue weighted by Crippen LogP contribution is 1.85. The van der Waals surface area contributed by atoms with Crippen LogP contribution in [0.1, 0.15) is 0 Å². The number of aromatic amines is 1. The maximum atomic E-state index is 10.2. The number of halogens is 1. The van der Waals surface area contributed by atoms with E-state index in [4.69, 9.17) is 5.73 Å². The number of anilines is 1. The Bertz CT molecular complexity index is 213. The molecule has 1 aromatic rings. The number of hydrogen-bond donors (Lipinski definition) is 2. The van der Waals surface area contributed by atoms with Gasteiger partial charge in [-0.1, -0.05) is 0 Å². The average Bonchev–Trinajstić information content (AvgIpc) is 1.77. The zero-order chi connectivity index (χ0) is 5.98. The minimum atomic E-state index is -0.376. The third-order valence-corrected chi connectivity index (χ3v) is 0.693. The SMILES string of the molecule is Cl.Nc1cnc(=O)[nH]c1. The minimum Gasteiger partial charge on any atom is -0.396 e. The molecule has 9 heavy (non-hydrogen) atoms. The second-order valence-electron chi connectivity index (χ2n) is 1.35. The second-order valence-corrected chi connectivity index (χ2v) is 1.35. The van der Waals surface area contributed by atoms with E-state index >= 15 is 0 Å². The number of nitrogen functional groups attached to an aromatic ring is 1. The molecule has 50 valence electrons. The van der Waals surface area contributed by atoms with E-state index in [1.807, 2.05) is 0 Å². The molecule has 0 bridgehead atoms. The lowest BCUT2D eigenvalue weighted by atomic mass is 10.6. The van der Waals surface area contributed by atoms with E-state index in [1.165, 1.54) is 12.4 Å². The summed E-state index contributed by atoms with van der Waals surface area (Å²) in [6.07, 6.45) is 2.70. The first-order valence-electron chi connectivity index (χ1n) is 2.09. The fraction of sp³-hybridized carbons (Fsp3) is 0. The molecule has 4 nitrogen and oxygen atoms in total. The molecule has 0 amide bonds. The molecule has 0 spiro atoms. The lowest BCUT2D eigenvalue weighted by Crippen LogP contribution is -2.08. The molecule has 1 heterocycles. The topological polar surface area (TPSA) is 71.8 Å². The Kier molecular flexibility index (Phi) is 2.73. The summed E-state index contributed by atoms with van der Waals surface area (Å²) in [6.45, 7) is 0. The van der Waals surface area contributed by atoms with Crippen LogP contribution in [0.15, 0.2) is 17.2 Å². The number of aromatic nitrogens is 2. The molecule has 1 rings (SSSR count). The summed E-state index contributed by atoms with van der Waals surface area (Å²) in [7, 11) is 0. The zero-order valence-corrected chi connectivity index (χ0v) is 5.31. The third kappa shape index (κ3) is 2.14. The zero-order valence-electron chi connectivity index (χ0n) is 4.50. The quantitative estimate of drug-likeness (QED) is 0.533. The highest BCUT2D eigenvalue weighted by molar-refractivity contribution is 5.85. The third-order valence-electron chi connectivity index (χ3n) is 0.693. The van der Waals surface area contributed by atoms with Gasteiger partial charge in [-0.25, -0.2) is 4.79 Å². The molecule has 0 aliphatic carbocycles. The summed E-state index contributed by atoms with van der Waals surface area (Å²) < 4.78 is 0. The van der Waals surface area contributed by atoms with Crippen LogP contribution in [-0.2, 0) is 0 Å². The Hall–Kier alpha value is -1.03. The lowest BCUT2D eigenvalue weighted by molar-refractivity contribution is 1.08. The molecule has 0 unspecified atom stereocenters. The number of nitrogens with two attached hydrogens (primary N) is 1. The van der Waals surface area contributed by atoms with Crippen molar-refractivity contribution >= 4 is 18.1 Å². The van der Waals surface area contributed by atoms with Gasteiger partial charge in [0.1, 0.15) is 0 Å². The largest absolute Gasteiger partial charge is 0.396 e. The maximum Gasteiger partial charge on any atom is 0.345 e. The van der Waals surface area contributed by atoms with E-state index in [0.29, 0.717) is 5.69 Å². The molecule has 0 aliphatic rings. The maximum absolute atomic E-state index is 10.2. The van der Waals surface area contributed by atoms with Gasteiger partial charge in [0.25, 0.3) is 0 Å². The van der Waals surface area contributed by atoms with Crippen LogP contribution in [0.5, 0.6) is 0 Å². The lowest BCUT2D eigenvalue weighted by Gasteiger charge is -1.83. The average molecular weight is 148 g/mol.